The molecule has 1 saturated heterocycles. The van der Waals surface area contributed by atoms with Gasteiger partial charge in [0.2, 0.25) is 0 Å². The Hall–Kier alpha value is -1.47. The van der Waals surface area contributed by atoms with E-state index < -0.39 is 5.60 Å². The molecule has 2 rings (SSSR count). The molecule has 0 amide bonds. The third-order valence-electron chi connectivity index (χ3n) is 4.63. The predicted molar refractivity (Wildman–Crippen MR) is 104 cm³/mol. The molecule has 1 N–H and O–H groups in total. The number of piperidine rings is 1. The standard InChI is InChI=1S/C21H33NO5/c1-2-3-13-24-14-15-25-16-17-26-18-20(23)27-21(9-11-22-12-10-21)19-7-5-4-6-8-19/h4-8,22H,2-3,9-18H2,1H3. The van der Waals surface area contributed by atoms with Crippen LogP contribution >= 0.6 is 0 Å². The first kappa shape index (κ1) is 21.8. The summed E-state index contributed by atoms with van der Waals surface area (Å²) in [6.45, 7) is 6.46. The van der Waals surface area contributed by atoms with Gasteiger partial charge in [-0.25, -0.2) is 4.79 Å². The molecule has 1 aromatic rings. The van der Waals surface area contributed by atoms with Crippen molar-refractivity contribution in [3.63, 3.8) is 0 Å². The zero-order valence-corrected chi connectivity index (χ0v) is 16.4. The highest BCUT2D eigenvalue weighted by Gasteiger charge is 2.37. The molecule has 0 atom stereocenters. The van der Waals surface area contributed by atoms with E-state index in [1.807, 2.05) is 30.3 Å². The molecule has 6 nitrogen and oxygen atoms in total. The Balaban J connectivity index is 1.63. The van der Waals surface area contributed by atoms with Gasteiger partial charge in [0.25, 0.3) is 0 Å². The molecular formula is C21H33NO5. The number of carbonyl (C=O) groups is 1. The van der Waals surface area contributed by atoms with Crippen LogP contribution < -0.4 is 5.32 Å². The molecule has 0 aromatic heterocycles. The van der Waals surface area contributed by atoms with Crippen molar-refractivity contribution in [1.29, 1.82) is 0 Å². The summed E-state index contributed by atoms with van der Waals surface area (Å²) in [6.07, 6.45) is 3.74. The molecule has 1 fully saturated rings. The maximum absolute atomic E-state index is 12.3. The quantitative estimate of drug-likeness (QED) is 0.420. The number of esters is 1. The van der Waals surface area contributed by atoms with Gasteiger partial charge in [-0.05, 0) is 25.1 Å². The van der Waals surface area contributed by atoms with E-state index in [4.69, 9.17) is 18.9 Å². The average molecular weight is 379 g/mol. The number of carbonyl (C=O) groups excluding carboxylic acids is 1. The molecule has 0 unspecified atom stereocenters. The lowest BCUT2D eigenvalue weighted by atomic mass is 9.85. The van der Waals surface area contributed by atoms with E-state index in [2.05, 4.69) is 12.2 Å². The first-order valence-electron chi connectivity index (χ1n) is 9.98. The third kappa shape index (κ3) is 7.97. The minimum atomic E-state index is -0.556. The number of benzene rings is 1. The Kier molecular flexibility index (Phi) is 10.4. The fourth-order valence-electron chi connectivity index (χ4n) is 3.11. The SMILES string of the molecule is CCCCOCCOCCOCC(=O)OC1(c2ccccc2)CCNCC1. The van der Waals surface area contributed by atoms with E-state index in [0.29, 0.717) is 26.4 Å². The van der Waals surface area contributed by atoms with E-state index in [1.54, 1.807) is 0 Å². The highest BCUT2D eigenvalue weighted by atomic mass is 16.6. The van der Waals surface area contributed by atoms with Crippen molar-refractivity contribution in [2.75, 3.05) is 52.7 Å². The molecule has 0 saturated carbocycles. The second-order valence-electron chi connectivity index (χ2n) is 6.72. The van der Waals surface area contributed by atoms with Gasteiger partial charge >= 0.3 is 5.97 Å². The first-order valence-corrected chi connectivity index (χ1v) is 9.98. The van der Waals surface area contributed by atoms with Crippen molar-refractivity contribution in [3.8, 4) is 0 Å². The van der Waals surface area contributed by atoms with Gasteiger partial charge in [-0.1, -0.05) is 43.7 Å². The van der Waals surface area contributed by atoms with Crippen molar-refractivity contribution in [3.05, 3.63) is 35.9 Å². The van der Waals surface area contributed by atoms with Crippen LogP contribution in [0.2, 0.25) is 0 Å². The van der Waals surface area contributed by atoms with E-state index in [1.165, 1.54) is 0 Å². The third-order valence-corrected chi connectivity index (χ3v) is 4.63. The summed E-state index contributed by atoms with van der Waals surface area (Å²) < 4.78 is 22.1. The molecule has 1 aliphatic heterocycles. The van der Waals surface area contributed by atoms with E-state index in [9.17, 15) is 4.79 Å². The van der Waals surface area contributed by atoms with Crippen molar-refractivity contribution >= 4 is 5.97 Å². The van der Waals surface area contributed by atoms with E-state index in [0.717, 1.165) is 50.9 Å². The summed E-state index contributed by atoms with van der Waals surface area (Å²) >= 11 is 0. The van der Waals surface area contributed by atoms with Crippen LogP contribution in [0.4, 0.5) is 0 Å². The highest BCUT2D eigenvalue weighted by Crippen LogP contribution is 2.34. The van der Waals surface area contributed by atoms with Gasteiger partial charge in [0.1, 0.15) is 12.2 Å². The highest BCUT2D eigenvalue weighted by molar-refractivity contribution is 5.71. The van der Waals surface area contributed by atoms with Crippen LogP contribution in [0, 0.1) is 0 Å². The van der Waals surface area contributed by atoms with Crippen molar-refractivity contribution < 1.29 is 23.7 Å². The van der Waals surface area contributed by atoms with Crippen LogP contribution in [0.3, 0.4) is 0 Å². The Morgan fingerprint density at radius 2 is 1.59 bits per heavy atom. The van der Waals surface area contributed by atoms with Crippen LogP contribution in [0.15, 0.2) is 30.3 Å². The van der Waals surface area contributed by atoms with Gasteiger partial charge < -0.3 is 24.3 Å². The lowest BCUT2D eigenvalue weighted by Gasteiger charge is -2.37. The molecular weight excluding hydrogens is 346 g/mol. The zero-order chi connectivity index (χ0) is 19.2. The second-order valence-corrected chi connectivity index (χ2v) is 6.72. The van der Waals surface area contributed by atoms with Crippen molar-refractivity contribution in [2.24, 2.45) is 0 Å². The van der Waals surface area contributed by atoms with Crippen LogP contribution in [0.25, 0.3) is 0 Å². The number of nitrogens with one attached hydrogen (secondary N) is 1. The van der Waals surface area contributed by atoms with E-state index in [-0.39, 0.29) is 12.6 Å². The number of rotatable bonds is 13. The summed E-state index contributed by atoms with van der Waals surface area (Å²) in [5, 5.41) is 3.32. The number of unbranched alkanes of at least 4 members (excludes halogenated alkanes) is 1. The molecule has 0 radical (unpaired) electrons. The second kappa shape index (κ2) is 12.8. The van der Waals surface area contributed by atoms with Crippen LogP contribution in [0.1, 0.15) is 38.2 Å². The van der Waals surface area contributed by atoms with Crippen LogP contribution in [-0.4, -0.2) is 58.7 Å². The smallest absolute Gasteiger partial charge is 0.332 e. The molecule has 1 aromatic carbocycles. The largest absolute Gasteiger partial charge is 0.452 e. The van der Waals surface area contributed by atoms with Crippen LogP contribution in [-0.2, 0) is 29.3 Å². The molecule has 6 heteroatoms. The summed E-state index contributed by atoms with van der Waals surface area (Å²) in [7, 11) is 0. The molecule has 0 spiro atoms. The number of ether oxygens (including phenoxy) is 4. The fraction of sp³-hybridized carbons (Fsp3) is 0.667. The Bertz CT molecular complexity index is 517. The fourth-order valence-corrected chi connectivity index (χ4v) is 3.11. The maximum Gasteiger partial charge on any atom is 0.332 e. The summed E-state index contributed by atoms with van der Waals surface area (Å²) in [4.78, 5) is 12.3. The topological polar surface area (TPSA) is 66.0 Å². The van der Waals surface area contributed by atoms with Crippen molar-refractivity contribution in [2.45, 2.75) is 38.2 Å². The van der Waals surface area contributed by atoms with Gasteiger partial charge in [0.05, 0.1) is 26.4 Å². The predicted octanol–water partition coefficient (Wildman–Crippen LogP) is 2.66. The van der Waals surface area contributed by atoms with Gasteiger partial charge in [-0.2, -0.15) is 0 Å². The van der Waals surface area contributed by atoms with Gasteiger partial charge in [0.15, 0.2) is 0 Å². The maximum atomic E-state index is 12.3. The molecule has 0 aliphatic carbocycles. The monoisotopic (exact) mass is 379 g/mol. The van der Waals surface area contributed by atoms with Crippen LogP contribution in [0.5, 0.6) is 0 Å². The lowest BCUT2D eigenvalue weighted by Crippen LogP contribution is -2.43. The number of hydrogen-bond acceptors (Lipinski definition) is 6. The van der Waals surface area contributed by atoms with Gasteiger partial charge in [-0.3, -0.25) is 0 Å². The zero-order valence-electron chi connectivity index (χ0n) is 16.4. The molecule has 1 aliphatic rings. The molecule has 0 bridgehead atoms. The molecule has 152 valence electrons. The Morgan fingerprint density at radius 1 is 0.963 bits per heavy atom. The Morgan fingerprint density at radius 3 is 2.26 bits per heavy atom. The average Bonchev–Trinajstić information content (AvgIpc) is 2.71. The normalized spacial score (nSPS) is 16.2. The minimum Gasteiger partial charge on any atom is -0.452 e. The first-order chi connectivity index (χ1) is 13.3. The van der Waals surface area contributed by atoms with Crippen molar-refractivity contribution in [1.82, 2.24) is 5.32 Å². The Labute approximate surface area is 162 Å². The lowest BCUT2D eigenvalue weighted by molar-refractivity contribution is -0.170. The molecule has 27 heavy (non-hydrogen) atoms. The number of hydrogen-bond donors (Lipinski definition) is 1. The summed E-state index contributed by atoms with van der Waals surface area (Å²) in [6, 6.07) is 9.98. The summed E-state index contributed by atoms with van der Waals surface area (Å²) in [5.41, 5.74) is 0.491. The van der Waals surface area contributed by atoms with Gasteiger partial charge in [0, 0.05) is 19.4 Å². The van der Waals surface area contributed by atoms with Gasteiger partial charge in [-0.15, -0.1) is 0 Å². The summed E-state index contributed by atoms with van der Waals surface area (Å²) in [5.74, 6) is -0.330. The van der Waals surface area contributed by atoms with E-state index >= 15 is 0 Å². The molecule has 1 heterocycles. The minimum absolute atomic E-state index is 0.0572.